The van der Waals surface area contributed by atoms with Crippen LogP contribution in [0.15, 0.2) is 0 Å². The molecule has 4 nitrogen and oxygen atoms in total. The van der Waals surface area contributed by atoms with Crippen molar-refractivity contribution in [3.05, 3.63) is 0 Å². The van der Waals surface area contributed by atoms with Crippen molar-refractivity contribution in [1.29, 1.82) is 0 Å². The minimum atomic E-state index is -0.295. The lowest BCUT2D eigenvalue weighted by molar-refractivity contribution is -0.140. The topological polar surface area (TPSA) is 46.6 Å². The molecular formula is C11H17NO3. The van der Waals surface area contributed by atoms with Crippen molar-refractivity contribution in [1.82, 2.24) is 4.90 Å². The zero-order valence-corrected chi connectivity index (χ0v) is 9.07. The predicted molar refractivity (Wildman–Crippen MR) is 54.3 cm³/mol. The van der Waals surface area contributed by atoms with Gasteiger partial charge in [0.15, 0.2) is 0 Å². The molecule has 0 N–H and O–H groups in total. The Balaban J connectivity index is 1.91. The minimum Gasteiger partial charge on any atom is -0.378 e. The van der Waals surface area contributed by atoms with Crippen LogP contribution in [-0.4, -0.2) is 42.4 Å². The molecule has 2 fully saturated rings. The van der Waals surface area contributed by atoms with Crippen LogP contribution >= 0.6 is 0 Å². The number of carbonyl (C=O) groups excluding carboxylic acids is 2. The second-order valence-electron chi connectivity index (χ2n) is 4.29. The lowest BCUT2D eigenvalue weighted by Crippen LogP contribution is -2.35. The first-order valence-electron chi connectivity index (χ1n) is 5.66. The van der Waals surface area contributed by atoms with E-state index in [1.54, 1.807) is 4.90 Å². The summed E-state index contributed by atoms with van der Waals surface area (Å²) in [5, 5.41) is 0. The molecular weight excluding hydrogens is 194 g/mol. The molecule has 2 saturated heterocycles. The van der Waals surface area contributed by atoms with Crippen LogP contribution < -0.4 is 0 Å². The number of likely N-dealkylation sites (tertiary alicyclic amines) is 1. The van der Waals surface area contributed by atoms with Crippen molar-refractivity contribution in [3.63, 3.8) is 0 Å². The van der Waals surface area contributed by atoms with E-state index in [0.717, 1.165) is 19.4 Å². The molecule has 0 aromatic heterocycles. The van der Waals surface area contributed by atoms with Gasteiger partial charge in [0.05, 0.1) is 6.10 Å². The van der Waals surface area contributed by atoms with E-state index in [0.29, 0.717) is 25.4 Å². The molecule has 0 saturated carbocycles. The molecule has 0 aromatic rings. The monoisotopic (exact) mass is 211 g/mol. The maximum Gasteiger partial charge on any atom is 0.290 e. The van der Waals surface area contributed by atoms with E-state index in [1.165, 1.54) is 0 Å². The maximum atomic E-state index is 11.4. The van der Waals surface area contributed by atoms with Gasteiger partial charge >= 0.3 is 0 Å². The Hall–Kier alpha value is -0.900. The lowest BCUT2D eigenvalue weighted by Gasteiger charge is -2.22. The van der Waals surface area contributed by atoms with Gasteiger partial charge in [-0.2, -0.15) is 0 Å². The molecule has 2 aliphatic heterocycles. The summed E-state index contributed by atoms with van der Waals surface area (Å²) in [6.45, 7) is 4.19. The standard InChI is InChI=1S/C11H17NO3/c1-2-10-8(4-6-15-10)7-12-5-3-9(13)11(12)14/h8,10H,2-7H2,1H3. The van der Waals surface area contributed by atoms with Gasteiger partial charge in [-0.3, -0.25) is 9.59 Å². The second-order valence-corrected chi connectivity index (χ2v) is 4.29. The van der Waals surface area contributed by atoms with E-state index in [4.69, 9.17) is 4.74 Å². The SMILES string of the molecule is CCC1OCCC1CN1CCC(=O)C1=O. The average molecular weight is 211 g/mol. The maximum absolute atomic E-state index is 11.4. The third-order valence-electron chi connectivity index (χ3n) is 3.34. The first-order chi connectivity index (χ1) is 7.22. The van der Waals surface area contributed by atoms with Crippen LogP contribution in [0.4, 0.5) is 0 Å². The quantitative estimate of drug-likeness (QED) is 0.642. The number of amides is 1. The van der Waals surface area contributed by atoms with Crippen molar-refractivity contribution < 1.29 is 14.3 Å². The summed E-state index contributed by atoms with van der Waals surface area (Å²) in [7, 11) is 0. The van der Waals surface area contributed by atoms with Gasteiger partial charge in [0, 0.05) is 32.0 Å². The number of hydrogen-bond donors (Lipinski definition) is 0. The van der Waals surface area contributed by atoms with Gasteiger partial charge in [-0.05, 0) is 12.8 Å². The van der Waals surface area contributed by atoms with Crippen molar-refractivity contribution in [3.8, 4) is 0 Å². The third-order valence-corrected chi connectivity index (χ3v) is 3.34. The molecule has 0 aromatic carbocycles. The summed E-state index contributed by atoms with van der Waals surface area (Å²) in [5.74, 6) is -0.108. The van der Waals surface area contributed by atoms with Crippen LogP contribution in [-0.2, 0) is 14.3 Å². The van der Waals surface area contributed by atoms with Crippen molar-refractivity contribution in [2.75, 3.05) is 19.7 Å². The van der Waals surface area contributed by atoms with Gasteiger partial charge in [0.1, 0.15) is 0 Å². The number of carbonyl (C=O) groups is 2. The molecule has 1 amide bonds. The van der Waals surface area contributed by atoms with Crippen LogP contribution in [0.1, 0.15) is 26.2 Å². The molecule has 2 heterocycles. The first-order valence-corrected chi connectivity index (χ1v) is 5.66. The van der Waals surface area contributed by atoms with Gasteiger partial charge in [-0.1, -0.05) is 6.92 Å². The molecule has 0 spiro atoms. The Morgan fingerprint density at radius 3 is 2.87 bits per heavy atom. The van der Waals surface area contributed by atoms with E-state index in [9.17, 15) is 9.59 Å². The van der Waals surface area contributed by atoms with Gasteiger partial charge in [-0.15, -0.1) is 0 Å². The fourth-order valence-corrected chi connectivity index (χ4v) is 2.43. The number of nitrogens with zero attached hydrogens (tertiary/aromatic N) is 1. The van der Waals surface area contributed by atoms with E-state index in [-0.39, 0.29) is 17.8 Å². The summed E-state index contributed by atoms with van der Waals surface area (Å²) >= 11 is 0. The number of rotatable bonds is 3. The van der Waals surface area contributed by atoms with E-state index in [2.05, 4.69) is 6.92 Å². The Morgan fingerprint density at radius 1 is 1.47 bits per heavy atom. The molecule has 2 atom stereocenters. The Morgan fingerprint density at radius 2 is 2.27 bits per heavy atom. The van der Waals surface area contributed by atoms with Gasteiger partial charge in [0.25, 0.3) is 5.91 Å². The molecule has 4 heteroatoms. The summed E-state index contributed by atoms with van der Waals surface area (Å²) in [6.07, 6.45) is 2.66. The molecule has 84 valence electrons. The fourth-order valence-electron chi connectivity index (χ4n) is 2.43. The van der Waals surface area contributed by atoms with Crippen molar-refractivity contribution >= 4 is 11.7 Å². The van der Waals surface area contributed by atoms with Gasteiger partial charge < -0.3 is 9.64 Å². The molecule has 0 bridgehead atoms. The highest BCUT2D eigenvalue weighted by molar-refractivity contribution is 6.37. The van der Waals surface area contributed by atoms with Crippen molar-refractivity contribution in [2.45, 2.75) is 32.3 Å². The van der Waals surface area contributed by atoms with Gasteiger partial charge in [0.2, 0.25) is 5.78 Å². The normalized spacial score (nSPS) is 31.7. The number of hydrogen-bond acceptors (Lipinski definition) is 3. The molecule has 0 radical (unpaired) electrons. The summed E-state index contributed by atoms with van der Waals surface area (Å²) in [5.41, 5.74) is 0. The third kappa shape index (κ3) is 2.04. The minimum absolute atomic E-state index is 0.234. The molecule has 2 rings (SSSR count). The number of ether oxygens (including phenoxy) is 1. The Kier molecular flexibility index (Phi) is 3.05. The van der Waals surface area contributed by atoms with E-state index in [1.807, 2.05) is 0 Å². The highest BCUT2D eigenvalue weighted by Gasteiger charge is 2.34. The van der Waals surface area contributed by atoms with Crippen LogP contribution in [0, 0.1) is 5.92 Å². The zero-order chi connectivity index (χ0) is 10.8. The van der Waals surface area contributed by atoms with E-state index >= 15 is 0 Å². The second kappa shape index (κ2) is 4.31. The fraction of sp³-hybridized carbons (Fsp3) is 0.818. The number of Topliss-reactive ketones (excluding diaryl/α,β-unsaturated/α-hetero) is 1. The lowest BCUT2D eigenvalue weighted by atomic mass is 9.99. The largest absolute Gasteiger partial charge is 0.378 e. The smallest absolute Gasteiger partial charge is 0.290 e. The average Bonchev–Trinajstić information content (AvgIpc) is 2.80. The van der Waals surface area contributed by atoms with Crippen LogP contribution in [0.3, 0.4) is 0 Å². The molecule has 15 heavy (non-hydrogen) atoms. The van der Waals surface area contributed by atoms with Gasteiger partial charge in [-0.25, -0.2) is 0 Å². The van der Waals surface area contributed by atoms with Crippen LogP contribution in [0.5, 0.6) is 0 Å². The molecule has 0 aliphatic carbocycles. The number of ketones is 1. The Labute approximate surface area is 89.6 Å². The Bertz CT molecular complexity index is 277. The first kappa shape index (κ1) is 10.6. The highest BCUT2D eigenvalue weighted by atomic mass is 16.5. The van der Waals surface area contributed by atoms with E-state index < -0.39 is 0 Å². The predicted octanol–water partition coefficient (Wildman–Crippen LogP) is 0.603. The van der Waals surface area contributed by atoms with Crippen LogP contribution in [0.25, 0.3) is 0 Å². The summed E-state index contributed by atoms with van der Waals surface area (Å²) in [4.78, 5) is 24.2. The zero-order valence-electron chi connectivity index (χ0n) is 9.07. The molecule has 2 aliphatic rings. The van der Waals surface area contributed by atoms with Crippen molar-refractivity contribution in [2.24, 2.45) is 5.92 Å². The summed E-state index contributed by atoms with van der Waals surface area (Å²) in [6, 6.07) is 0. The summed E-state index contributed by atoms with van der Waals surface area (Å²) < 4.78 is 5.56. The van der Waals surface area contributed by atoms with Crippen LogP contribution in [0.2, 0.25) is 0 Å². The highest BCUT2D eigenvalue weighted by Crippen LogP contribution is 2.25. The molecule has 2 unspecified atom stereocenters.